The Bertz CT molecular complexity index is 1210. The molecule has 1 aliphatic rings. The molecular weight excluding hydrogens is 395 g/mol. The maximum atomic E-state index is 13.1. The second-order valence-electron chi connectivity index (χ2n) is 7.62. The molecular formula is C24H21FN4O2. The summed E-state index contributed by atoms with van der Waals surface area (Å²) in [7, 11) is 0. The number of carbonyl (C=O) groups excluding carboxylic acids is 1. The zero-order chi connectivity index (χ0) is 21.2. The van der Waals surface area contributed by atoms with Crippen molar-refractivity contribution in [1.82, 2.24) is 19.9 Å². The van der Waals surface area contributed by atoms with E-state index in [1.165, 1.54) is 24.3 Å². The van der Waals surface area contributed by atoms with Crippen LogP contribution in [0.4, 0.5) is 4.39 Å². The Balaban J connectivity index is 1.23. The van der Waals surface area contributed by atoms with Crippen molar-refractivity contribution < 1.29 is 13.7 Å². The summed E-state index contributed by atoms with van der Waals surface area (Å²) in [6.45, 7) is 3.19. The van der Waals surface area contributed by atoms with E-state index in [-0.39, 0.29) is 11.7 Å². The lowest BCUT2D eigenvalue weighted by molar-refractivity contribution is 0.0624. The maximum absolute atomic E-state index is 13.1. The molecule has 1 amide bonds. The van der Waals surface area contributed by atoms with Gasteiger partial charge in [0.25, 0.3) is 11.8 Å². The number of aromatic nitrogens is 2. The molecule has 0 spiro atoms. The minimum absolute atomic E-state index is 0.0718. The van der Waals surface area contributed by atoms with Crippen molar-refractivity contribution in [2.24, 2.45) is 0 Å². The molecule has 0 aliphatic carbocycles. The molecule has 1 aromatic heterocycles. The van der Waals surface area contributed by atoms with Gasteiger partial charge in [-0.1, -0.05) is 41.6 Å². The molecule has 0 radical (unpaired) electrons. The second kappa shape index (κ2) is 8.28. The van der Waals surface area contributed by atoms with Crippen LogP contribution >= 0.6 is 0 Å². The average Bonchev–Trinajstić information content (AvgIpc) is 3.27. The first-order chi connectivity index (χ1) is 15.2. The number of amides is 1. The van der Waals surface area contributed by atoms with E-state index in [0.29, 0.717) is 50.0 Å². The number of hydrogen-bond acceptors (Lipinski definition) is 5. The summed E-state index contributed by atoms with van der Waals surface area (Å²) >= 11 is 0. The molecule has 6 nitrogen and oxygen atoms in total. The van der Waals surface area contributed by atoms with Gasteiger partial charge < -0.3 is 9.42 Å². The summed E-state index contributed by atoms with van der Waals surface area (Å²) in [5.41, 5.74) is 1.43. The van der Waals surface area contributed by atoms with Crippen molar-refractivity contribution in [1.29, 1.82) is 0 Å². The van der Waals surface area contributed by atoms with Gasteiger partial charge in [-0.05, 0) is 41.1 Å². The van der Waals surface area contributed by atoms with Crippen molar-refractivity contribution in [3.8, 4) is 11.5 Å². The van der Waals surface area contributed by atoms with Gasteiger partial charge in [-0.25, -0.2) is 4.39 Å². The first kappa shape index (κ1) is 19.4. The topological polar surface area (TPSA) is 62.5 Å². The number of carbonyl (C=O) groups is 1. The standard InChI is InChI=1S/C24H21FN4O2/c25-19-10-8-18(9-11-19)24(30)29-14-12-28(13-15-29)16-22-26-23(31-27-22)21-7-3-5-17-4-1-2-6-20(17)21/h1-11H,12-16H2. The highest BCUT2D eigenvalue weighted by Crippen LogP contribution is 2.27. The normalized spacial score (nSPS) is 14.8. The lowest BCUT2D eigenvalue weighted by Crippen LogP contribution is -2.48. The van der Waals surface area contributed by atoms with E-state index < -0.39 is 0 Å². The summed E-state index contributed by atoms with van der Waals surface area (Å²) in [4.78, 5) is 21.2. The fourth-order valence-corrected chi connectivity index (χ4v) is 3.92. The van der Waals surface area contributed by atoms with Gasteiger partial charge in [-0.15, -0.1) is 0 Å². The van der Waals surface area contributed by atoms with E-state index in [1.807, 2.05) is 30.3 Å². The van der Waals surface area contributed by atoms with Gasteiger partial charge >= 0.3 is 0 Å². The molecule has 7 heteroatoms. The van der Waals surface area contributed by atoms with Crippen molar-refractivity contribution in [2.45, 2.75) is 6.54 Å². The highest BCUT2D eigenvalue weighted by atomic mass is 19.1. The predicted molar refractivity (Wildman–Crippen MR) is 115 cm³/mol. The molecule has 4 aromatic rings. The van der Waals surface area contributed by atoms with Gasteiger partial charge in [-0.3, -0.25) is 9.69 Å². The zero-order valence-electron chi connectivity index (χ0n) is 16.9. The lowest BCUT2D eigenvalue weighted by atomic mass is 10.0. The fraction of sp³-hybridized carbons (Fsp3) is 0.208. The summed E-state index contributed by atoms with van der Waals surface area (Å²) in [6, 6.07) is 19.8. The number of piperazine rings is 1. The van der Waals surface area contributed by atoms with Gasteiger partial charge in [0, 0.05) is 37.3 Å². The van der Waals surface area contributed by atoms with Crippen molar-refractivity contribution in [3.05, 3.63) is 83.9 Å². The van der Waals surface area contributed by atoms with Crippen molar-refractivity contribution in [2.75, 3.05) is 26.2 Å². The average molecular weight is 416 g/mol. The molecule has 2 heterocycles. The lowest BCUT2D eigenvalue weighted by Gasteiger charge is -2.34. The van der Waals surface area contributed by atoms with Crippen LogP contribution in [0.5, 0.6) is 0 Å². The number of rotatable bonds is 4. The SMILES string of the molecule is O=C(c1ccc(F)cc1)N1CCN(Cc2noc(-c3cccc4ccccc34)n2)CC1. The van der Waals surface area contributed by atoms with Gasteiger partial charge in [0.05, 0.1) is 6.54 Å². The third-order valence-electron chi connectivity index (χ3n) is 5.60. The van der Waals surface area contributed by atoms with Crippen LogP contribution in [0, 0.1) is 5.82 Å². The Kier molecular flexibility index (Phi) is 5.18. The molecule has 3 aromatic carbocycles. The zero-order valence-corrected chi connectivity index (χ0v) is 16.9. The minimum atomic E-state index is -0.343. The Hall–Kier alpha value is -3.58. The molecule has 0 bridgehead atoms. The van der Waals surface area contributed by atoms with Crippen LogP contribution in [0.2, 0.25) is 0 Å². The number of benzene rings is 3. The molecule has 0 N–H and O–H groups in total. The summed E-state index contributed by atoms with van der Waals surface area (Å²) in [5.74, 6) is 0.722. The van der Waals surface area contributed by atoms with Crippen LogP contribution in [-0.2, 0) is 6.54 Å². The Morgan fingerprint density at radius 2 is 1.68 bits per heavy atom. The van der Waals surface area contributed by atoms with Crippen LogP contribution in [0.15, 0.2) is 71.3 Å². The van der Waals surface area contributed by atoms with E-state index in [2.05, 4.69) is 27.2 Å². The minimum Gasteiger partial charge on any atom is -0.336 e. The predicted octanol–water partition coefficient (Wildman–Crippen LogP) is 3.99. The summed E-state index contributed by atoms with van der Waals surface area (Å²) in [6.07, 6.45) is 0. The van der Waals surface area contributed by atoms with Crippen LogP contribution < -0.4 is 0 Å². The molecule has 1 saturated heterocycles. The molecule has 156 valence electrons. The molecule has 1 fully saturated rings. The Morgan fingerprint density at radius 1 is 0.935 bits per heavy atom. The molecule has 5 rings (SSSR count). The van der Waals surface area contributed by atoms with E-state index >= 15 is 0 Å². The third kappa shape index (κ3) is 4.04. The van der Waals surface area contributed by atoms with E-state index in [9.17, 15) is 9.18 Å². The molecule has 0 unspecified atom stereocenters. The first-order valence-electron chi connectivity index (χ1n) is 10.3. The summed E-state index contributed by atoms with van der Waals surface area (Å²) in [5, 5.41) is 6.36. The molecule has 1 aliphatic heterocycles. The van der Waals surface area contributed by atoms with Crippen molar-refractivity contribution in [3.63, 3.8) is 0 Å². The maximum Gasteiger partial charge on any atom is 0.258 e. The first-order valence-corrected chi connectivity index (χ1v) is 10.3. The van der Waals surface area contributed by atoms with Crippen LogP contribution in [0.25, 0.3) is 22.2 Å². The Morgan fingerprint density at radius 3 is 2.48 bits per heavy atom. The van der Waals surface area contributed by atoms with Crippen LogP contribution in [0.1, 0.15) is 16.2 Å². The number of nitrogens with zero attached hydrogens (tertiary/aromatic N) is 4. The molecule has 0 saturated carbocycles. The number of hydrogen-bond donors (Lipinski definition) is 0. The highest BCUT2D eigenvalue weighted by Gasteiger charge is 2.23. The third-order valence-corrected chi connectivity index (χ3v) is 5.60. The molecule has 31 heavy (non-hydrogen) atoms. The second-order valence-corrected chi connectivity index (χ2v) is 7.62. The van der Waals surface area contributed by atoms with E-state index in [4.69, 9.17) is 4.52 Å². The van der Waals surface area contributed by atoms with Gasteiger partial charge in [0.1, 0.15) is 5.82 Å². The summed E-state index contributed by atoms with van der Waals surface area (Å²) < 4.78 is 18.6. The monoisotopic (exact) mass is 416 g/mol. The van der Waals surface area contributed by atoms with Gasteiger partial charge in [0.2, 0.25) is 0 Å². The Labute approximate surface area is 178 Å². The van der Waals surface area contributed by atoms with Gasteiger partial charge in [0.15, 0.2) is 5.82 Å². The number of halogens is 1. The largest absolute Gasteiger partial charge is 0.336 e. The van der Waals surface area contributed by atoms with E-state index in [0.717, 1.165) is 16.3 Å². The smallest absolute Gasteiger partial charge is 0.258 e. The quantitative estimate of drug-likeness (QED) is 0.504. The van der Waals surface area contributed by atoms with Crippen LogP contribution in [0.3, 0.4) is 0 Å². The fourth-order valence-electron chi connectivity index (χ4n) is 3.92. The van der Waals surface area contributed by atoms with Gasteiger partial charge in [-0.2, -0.15) is 4.98 Å². The van der Waals surface area contributed by atoms with Crippen LogP contribution in [-0.4, -0.2) is 52.0 Å². The molecule has 0 atom stereocenters. The highest BCUT2D eigenvalue weighted by molar-refractivity contribution is 5.95. The number of fused-ring (bicyclic) bond motifs is 1. The van der Waals surface area contributed by atoms with Crippen molar-refractivity contribution >= 4 is 16.7 Å². The van der Waals surface area contributed by atoms with E-state index in [1.54, 1.807) is 4.90 Å².